The van der Waals surface area contributed by atoms with Crippen LogP contribution >= 0.6 is 0 Å². The van der Waals surface area contributed by atoms with Crippen molar-refractivity contribution in [2.24, 2.45) is 0 Å². The van der Waals surface area contributed by atoms with E-state index in [1.54, 1.807) is 11.9 Å². The Bertz CT molecular complexity index is 188. The standard InChI is InChI=1S/C6H14NO3S/c1-7(3-5-8)4-6-11(2,9)10/h3-6H2,1-2H3. The van der Waals surface area contributed by atoms with Crippen molar-refractivity contribution in [1.82, 2.24) is 4.90 Å². The van der Waals surface area contributed by atoms with Gasteiger partial charge in [0.1, 0.15) is 9.84 Å². The van der Waals surface area contributed by atoms with E-state index in [0.717, 1.165) is 0 Å². The van der Waals surface area contributed by atoms with Gasteiger partial charge in [0, 0.05) is 19.3 Å². The maximum atomic E-state index is 10.6. The van der Waals surface area contributed by atoms with E-state index < -0.39 is 9.84 Å². The molecular formula is C6H14NO3S. The highest BCUT2D eigenvalue weighted by atomic mass is 32.2. The normalized spacial score (nSPS) is 12.4. The molecule has 0 saturated heterocycles. The molecule has 0 N–H and O–H groups in total. The summed E-state index contributed by atoms with van der Waals surface area (Å²) < 4.78 is 21.3. The fraction of sp³-hybridized carbons (Fsp3) is 1.00. The van der Waals surface area contributed by atoms with Crippen LogP contribution in [-0.2, 0) is 14.9 Å². The minimum absolute atomic E-state index is 0.128. The molecule has 67 valence electrons. The first-order valence-corrected chi connectivity index (χ1v) is 5.46. The molecule has 0 spiro atoms. The van der Waals surface area contributed by atoms with Crippen LogP contribution in [0.1, 0.15) is 0 Å². The third kappa shape index (κ3) is 7.77. The summed E-state index contributed by atoms with van der Waals surface area (Å²) in [6.07, 6.45) is 1.19. The van der Waals surface area contributed by atoms with Gasteiger partial charge < -0.3 is 4.90 Å². The van der Waals surface area contributed by atoms with E-state index in [2.05, 4.69) is 0 Å². The molecule has 4 nitrogen and oxygen atoms in total. The molecule has 0 aromatic heterocycles. The Balaban J connectivity index is 3.54. The fourth-order valence-electron chi connectivity index (χ4n) is 0.589. The Labute approximate surface area is 67.7 Å². The van der Waals surface area contributed by atoms with Crippen LogP contribution in [-0.4, -0.2) is 52.1 Å². The Hall–Kier alpha value is -0.130. The average molecular weight is 180 g/mol. The smallest absolute Gasteiger partial charge is 0.148 e. The molecule has 0 saturated carbocycles. The van der Waals surface area contributed by atoms with Crippen LogP contribution in [0, 0.1) is 0 Å². The van der Waals surface area contributed by atoms with Gasteiger partial charge in [0.2, 0.25) is 0 Å². The van der Waals surface area contributed by atoms with Gasteiger partial charge in [0.25, 0.3) is 0 Å². The minimum atomic E-state index is -2.88. The molecule has 0 amide bonds. The van der Waals surface area contributed by atoms with Gasteiger partial charge in [-0.05, 0) is 7.05 Å². The summed E-state index contributed by atoms with van der Waals surface area (Å²) >= 11 is 0. The first kappa shape index (κ1) is 10.9. The average Bonchev–Trinajstić information content (AvgIpc) is 1.83. The molecule has 0 unspecified atom stereocenters. The summed E-state index contributed by atoms with van der Waals surface area (Å²) in [6.45, 7) is 0.677. The van der Waals surface area contributed by atoms with Crippen LogP contribution in [0.5, 0.6) is 0 Å². The van der Waals surface area contributed by atoms with Crippen molar-refractivity contribution >= 4 is 9.84 Å². The van der Waals surface area contributed by atoms with Gasteiger partial charge >= 0.3 is 0 Å². The van der Waals surface area contributed by atoms with Gasteiger partial charge in [-0.15, -0.1) is 0 Å². The van der Waals surface area contributed by atoms with Crippen molar-refractivity contribution < 1.29 is 13.5 Å². The minimum Gasteiger partial charge on any atom is -0.303 e. The molecule has 0 aromatic carbocycles. The molecule has 0 rings (SSSR count). The van der Waals surface area contributed by atoms with Gasteiger partial charge in [0.05, 0.1) is 12.4 Å². The van der Waals surface area contributed by atoms with Crippen molar-refractivity contribution in [3.63, 3.8) is 0 Å². The molecule has 0 aliphatic rings. The van der Waals surface area contributed by atoms with Crippen molar-refractivity contribution in [1.29, 1.82) is 0 Å². The van der Waals surface area contributed by atoms with Crippen LogP contribution in [0.2, 0.25) is 0 Å². The number of sulfone groups is 1. The van der Waals surface area contributed by atoms with E-state index in [1.165, 1.54) is 6.26 Å². The highest BCUT2D eigenvalue weighted by Crippen LogP contribution is 1.86. The number of rotatable bonds is 5. The zero-order chi connectivity index (χ0) is 8.91. The lowest BCUT2D eigenvalue weighted by Gasteiger charge is -2.12. The van der Waals surface area contributed by atoms with Crippen LogP contribution in [0.25, 0.3) is 0 Å². The zero-order valence-corrected chi connectivity index (χ0v) is 7.73. The quantitative estimate of drug-likeness (QED) is 0.567. The molecule has 0 aliphatic heterocycles. The van der Waals surface area contributed by atoms with Crippen LogP contribution in [0.3, 0.4) is 0 Å². The molecule has 1 radical (unpaired) electrons. The number of hydrogen-bond donors (Lipinski definition) is 0. The van der Waals surface area contributed by atoms with E-state index in [-0.39, 0.29) is 12.4 Å². The summed E-state index contributed by atoms with van der Waals surface area (Å²) in [5, 5.41) is 10.1. The van der Waals surface area contributed by atoms with Crippen molar-refractivity contribution in [3.8, 4) is 0 Å². The Morgan fingerprint density at radius 3 is 2.18 bits per heavy atom. The maximum absolute atomic E-state index is 10.6. The zero-order valence-electron chi connectivity index (χ0n) is 6.91. The topological polar surface area (TPSA) is 57.3 Å². The van der Waals surface area contributed by atoms with E-state index in [0.29, 0.717) is 13.1 Å². The fourth-order valence-corrected chi connectivity index (χ4v) is 1.23. The lowest BCUT2D eigenvalue weighted by Crippen LogP contribution is -2.27. The second-order valence-electron chi connectivity index (χ2n) is 2.64. The van der Waals surface area contributed by atoms with Crippen molar-refractivity contribution in [2.75, 3.05) is 38.8 Å². The third-order valence-corrected chi connectivity index (χ3v) is 2.24. The SMILES string of the molecule is CN(CC[O])CCS(C)(=O)=O. The predicted octanol–water partition coefficient (Wildman–Crippen LogP) is -0.607. The number of likely N-dealkylation sites (N-methyl/N-ethyl adjacent to an activating group) is 1. The number of hydrogen-bond acceptors (Lipinski definition) is 3. The van der Waals surface area contributed by atoms with Crippen molar-refractivity contribution in [2.45, 2.75) is 0 Å². The van der Waals surface area contributed by atoms with E-state index >= 15 is 0 Å². The molecule has 0 heterocycles. The first-order chi connectivity index (χ1) is 4.95. The molecule has 5 heteroatoms. The largest absolute Gasteiger partial charge is 0.303 e. The van der Waals surface area contributed by atoms with Gasteiger partial charge in [-0.25, -0.2) is 13.5 Å². The van der Waals surface area contributed by atoms with Gasteiger partial charge in [-0.3, -0.25) is 0 Å². The monoisotopic (exact) mass is 180 g/mol. The van der Waals surface area contributed by atoms with Gasteiger partial charge in [0.15, 0.2) is 0 Å². The summed E-state index contributed by atoms with van der Waals surface area (Å²) in [6, 6.07) is 0. The Kier molecular flexibility index (Phi) is 4.63. The lowest BCUT2D eigenvalue weighted by atomic mass is 10.5. The highest BCUT2D eigenvalue weighted by Gasteiger charge is 2.04. The van der Waals surface area contributed by atoms with Gasteiger partial charge in [-0.2, -0.15) is 0 Å². The Morgan fingerprint density at radius 2 is 1.82 bits per heavy atom. The van der Waals surface area contributed by atoms with Gasteiger partial charge in [-0.1, -0.05) is 0 Å². The van der Waals surface area contributed by atoms with Crippen molar-refractivity contribution in [3.05, 3.63) is 0 Å². The molecule has 0 bridgehead atoms. The van der Waals surface area contributed by atoms with E-state index in [9.17, 15) is 13.5 Å². The lowest BCUT2D eigenvalue weighted by molar-refractivity contribution is 0.157. The first-order valence-electron chi connectivity index (χ1n) is 3.40. The molecular weight excluding hydrogens is 166 g/mol. The Morgan fingerprint density at radius 1 is 1.27 bits per heavy atom. The molecule has 0 aromatic rings. The maximum Gasteiger partial charge on any atom is 0.148 e. The summed E-state index contributed by atoms with van der Waals surface area (Å²) in [5.41, 5.74) is 0. The summed E-state index contributed by atoms with van der Waals surface area (Å²) in [4.78, 5) is 1.72. The highest BCUT2D eigenvalue weighted by molar-refractivity contribution is 7.90. The molecule has 11 heavy (non-hydrogen) atoms. The predicted molar refractivity (Wildman–Crippen MR) is 42.8 cm³/mol. The molecule has 0 atom stereocenters. The second kappa shape index (κ2) is 4.69. The summed E-state index contributed by atoms with van der Waals surface area (Å²) in [5.74, 6) is 0.128. The van der Waals surface area contributed by atoms with Crippen LogP contribution in [0.15, 0.2) is 0 Å². The second-order valence-corrected chi connectivity index (χ2v) is 4.90. The third-order valence-electron chi connectivity index (χ3n) is 1.32. The summed E-state index contributed by atoms with van der Waals surface area (Å²) in [7, 11) is -1.14. The van der Waals surface area contributed by atoms with Crippen LogP contribution < -0.4 is 0 Å². The number of nitrogens with zero attached hydrogens (tertiary/aromatic N) is 1. The molecule has 0 fully saturated rings. The van der Waals surface area contributed by atoms with E-state index in [1.807, 2.05) is 0 Å². The molecule has 0 aliphatic carbocycles. The van der Waals surface area contributed by atoms with E-state index in [4.69, 9.17) is 0 Å². The van der Waals surface area contributed by atoms with Crippen LogP contribution in [0.4, 0.5) is 0 Å².